The molecule has 0 bridgehead atoms. The van der Waals surface area contributed by atoms with Crippen molar-refractivity contribution in [2.45, 2.75) is 20.3 Å². The predicted octanol–water partition coefficient (Wildman–Crippen LogP) is 3.67. The number of halogens is 2. The van der Waals surface area contributed by atoms with Crippen LogP contribution >= 0.6 is 23.2 Å². The molecule has 0 aliphatic heterocycles. The zero-order valence-electron chi connectivity index (χ0n) is 12.6. The number of nitrogens with zero attached hydrogens (tertiary/aromatic N) is 2. The Morgan fingerprint density at radius 3 is 2.65 bits per heavy atom. The van der Waals surface area contributed by atoms with Crippen LogP contribution in [0.4, 0.5) is 11.5 Å². The first-order chi connectivity index (χ1) is 10.9. The molecule has 1 N–H and O–H groups in total. The molecule has 0 fully saturated rings. The van der Waals surface area contributed by atoms with Gasteiger partial charge in [0.05, 0.1) is 10.7 Å². The maximum Gasteiger partial charge on any atom is 0.226 e. The van der Waals surface area contributed by atoms with E-state index in [0.717, 1.165) is 0 Å². The molecule has 1 aromatic heterocycles. The number of carbonyl (C=O) groups is 2. The monoisotopic (exact) mass is 355 g/mol. The zero-order valence-corrected chi connectivity index (χ0v) is 14.1. The van der Waals surface area contributed by atoms with Crippen LogP contribution in [0.5, 0.6) is 0 Å². The molecule has 1 heterocycles. The second-order valence-electron chi connectivity index (χ2n) is 4.89. The summed E-state index contributed by atoms with van der Waals surface area (Å²) in [4.78, 5) is 25.1. The lowest BCUT2D eigenvalue weighted by molar-refractivity contribution is -0.117. The van der Waals surface area contributed by atoms with Crippen molar-refractivity contribution in [3.05, 3.63) is 40.1 Å². The molecule has 2 amide bonds. The normalized spacial score (nSPS) is 10.4. The number of nitrogens with one attached hydrogen (secondary N) is 1. The number of carbonyl (C=O) groups excluding carboxylic acids is 2. The van der Waals surface area contributed by atoms with Gasteiger partial charge in [-0.2, -0.15) is 0 Å². The zero-order chi connectivity index (χ0) is 17.0. The maximum absolute atomic E-state index is 12.0. The van der Waals surface area contributed by atoms with E-state index in [0.29, 0.717) is 27.3 Å². The molecule has 0 saturated carbocycles. The maximum atomic E-state index is 12.0. The van der Waals surface area contributed by atoms with Gasteiger partial charge in [0.1, 0.15) is 5.76 Å². The Morgan fingerprint density at radius 2 is 2.04 bits per heavy atom. The van der Waals surface area contributed by atoms with E-state index in [1.54, 1.807) is 31.2 Å². The molecular formula is C15H15Cl2N3O3. The predicted molar refractivity (Wildman–Crippen MR) is 89.0 cm³/mol. The van der Waals surface area contributed by atoms with E-state index in [9.17, 15) is 9.59 Å². The van der Waals surface area contributed by atoms with Crippen LogP contribution in [0.3, 0.4) is 0 Å². The number of rotatable bonds is 5. The van der Waals surface area contributed by atoms with Gasteiger partial charge in [-0.3, -0.25) is 14.5 Å². The van der Waals surface area contributed by atoms with Crippen molar-refractivity contribution in [2.75, 3.05) is 16.8 Å². The molecule has 0 radical (unpaired) electrons. The Kier molecular flexibility index (Phi) is 5.63. The summed E-state index contributed by atoms with van der Waals surface area (Å²) < 4.78 is 4.95. The largest absolute Gasteiger partial charge is 0.360 e. The molecule has 0 aliphatic carbocycles. The average molecular weight is 356 g/mol. The summed E-state index contributed by atoms with van der Waals surface area (Å²) in [6, 6.07) is 6.42. The van der Waals surface area contributed by atoms with E-state index in [1.165, 1.54) is 11.8 Å². The second kappa shape index (κ2) is 7.48. The van der Waals surface area contributed by atoms with Crippen LogP contribution in [0.1, 0.15) is 19.1 Å². The van der Waals surface area contributed by atoms with E-state index in [-0.39, 0.29) is 24.8 Å². The molecule has 0 unspecified atom stereocenters. The first-order valence-electron chi connectivity index (χ1n) is 6.83. The first kappa shape index (κ1) is 17.3. The van der Waals surface area contributed by atoms with Gasteiger partial charge in [0.2, 0.25) is 11.8 Å². The third kappa shape index (κ3) is 4.71. The molecule has 23 heavy (non-hydrogen) atoms. The van der Waals surface area contributed by atoms with Crippen molar-refractivity contribution in [3.8, 4) is 0 Å². The van der Waals surface area contributed by atoms with Crippen molar-refractivity contribution in [1.29, 1.82) is 0 Å². The molecule has 8 heteroatoms. The standard InChI is InChI=1S/C15H15Cl2N3O3/c1-9-7-14(19-23-9)20(10(2)21)6-5-15(22)18-13-8-11(16)3-4-12(13)17/h3-4,7-8H,5-6H2,1-2H3,(H,18,22). The number of hydrogen-bond acceptors (Lipinski definition) is 4. The minimum Gasteiger partial charge on any atom is -0.360 e. The van der Waals surface area contributed by atoms with Gasteiger partial charge in [0.15, 0.2) is 5.82 Å². The highest BCUT2D eigenvalue weighted by Crippen LogP contribution is 2.25. The van der Waals surface area contributed by atoms with Gasteiger partial charge < -0.3 is 9.84 Å². The summed E-state index contributed by atoms with van der Waals surface area (Å²) in [6.45, 7) is 3.30. The lowest BCUT2D eigenvalue weighted by atomic mass is 10.3. The summed E-state index contributed by atoms with van der Waals surface area (Å²) in [6.07, 6.45) is 0.0777. The molecule has 0 spiro atoms. The van der Waals surface area contributed by atoms with Crippen molar-refractivity contribution >= 4 is 46.5 Å². The summed E-state index contributed by atoms with van der Waals surface area (Å²) in [5.74, 6) is 0.442. The number of aromatic nitrogens is 1. The molecule has 2 aromatic rings. The molecule has 0 atom stereocenters. The summed E-state index contributed by atoms with van der Waals surface area (Å²) in [5, 5.41) is 7.30. The summed E-state index contributed by atoms with van der Waals surface area (Å²) in [7, 11) is 0. The van der Waals surface area contributed by atoms with E-state index in [2.05, 4.69) is 10.5 Å². The molecule has 6 nitrogen and oxygen atoms in total. The van der Waals surface area contributed by atoms with Crippen LogP contribution in [-0.4, -0.2) is 23.5 Å². The van der Waals surface area contributed by atoms with Gasteiger partial charge in [-0.15, -0.1) is 0 Å². The molecule has 2 rings (SSSR count). The van der Waals surface area contributed by atoms with E-state index in [4.69, 9.17) is 27.7 Å². The molecular weight excluding hydrogens is 341 g/mol. The van der Waals surface area contributed by atoms with Crippen LogP contribution < -0.4 is 10.2 Å². The Hall–Kier alpha value is -2.05. The highest BCUT2D eigenvalue weighted by Gasteiger charge is 2.17. The summed E-state index contributed by atoms with van der Waals surface area (Å²) >= 11 is 11.9. The lowest BCUT2D eigenvalue weighted by Gasteiger charge is -2.17. The van der Waals surface area contributed by atoms with Gasteiger partial charge in [0, 0.05) is 31.0 Å². The van der Waals surface area contributed by atoms with Crippen molar-refractivity contribution in [1.82, 2.24) is 5.16 Å². The van der Waals surface area contributed by atoms with Gasteiger partial charge >= 0.3 is 0 Å². The molecule has 0 aliphatic rings. The number of aryl methyl sites for hydroxylation is 1. The Bertz CT molecular complexity index is 731. The molecule has 122 valence electrons. The third-order valence-corrected chi connectivity index (χ3v) is 3.60. The third-order valence-electron chi connectivity index (χ3n) is 3.04. The average Bonchev–Trinajstić information content (AvgIpc) is 2.89. The fourth-order valence-corrected chi connectivity index (χ4v) is 2.27. The van der Waals surface area contributed by atoms with Gasteiger partial charge in [-0.1, -0.05) is 28.4 Å². The van der Waals surface area contributed by atoms with E-state index >= 15 is 0 Å². The highest BCUT2D eigenvalue weighted by atomic mass is 35.5. The van der Waals surface area contributed by atoms with Gasteiger partial charge in [0.25, 0.3) is 0 Å². The van der Waals surface area contributed by atoms with Crippen LogP contribution in [-0.2, 0) is 9.59 Å². The lowest BCUT2D eigenvalue weighted by Crippen LogP contribution is -2.32. The number of anilines is 2. The Labute approximate surface area is 143 Å². The van der Waals surface area contributed by atoms with Crippen molar-refractivity contribution < 1.29 is 14.1 Å². The van der Waals surface area contributed by atoms with Crippen molar-refractivity contribution in [3.63, 3.8) is 0 Å². The summed E-state index contributed by atoms with van der Waals surface area (Å²) in [5.41, 5.74) is 0.427. The van der Waals surface area contributed by atoms with Crippen LogP contribution in [0, 0.1) is 6.92 Å². The quantitative estimate of drug-likeness (QED) is 0.887. The van der Waals surface area contributed by atoms with Crippen LogP contribution in [0.25, 0.3) is 0 Å². The topological polar surface area (TPSA) is 75.4 Å². The SMILES string of the molecule is CC(=O)N(CCC(=O)Nc1cc(Cl)ccc1Cl)c1cc(C)on1. The fourth-order valence-electron chi connectivity index (χ4n) is 1.93. The van der Waals surface area contributed by atoms with Gasteiger partial charge in [-0.25, -0.2) is 0 Å². The molecule has 1 aromatic carbocycles. The fraction of sp³-hybridized carbons (Fsp3) is 0.267. The smallest absolute Gasteiger partial charge is 0.226 e. The minimum absolute atomic E-state index is 0.0777. The number of amides is 2. The minimum atomic E-state index is -0.291. The first-order valence-corrected chi connectivity index (χ1v) is 7.58. The van der Waals surface area contributed by atoms with Crippen LogP contribution in [0.15, 0.2) is 28.8 Å². The van der Waals surface area contributed by atoms with E-state index in [1.807, 2.05) is 0 Å². The number of hydrogen-bond donors (Lipinski definition) is 1. The number of benzene rings is 1. The van der Waals surface area contributed by atoms with Crippen molar-refractivity contribution in [2.24, 2.45) is 0 Å². The Morgan fingerprint density at radius 1 is 1.30 bits per heavy atom. The molecule has 0 saturated heterocycles. The van der Waals surface area contributed by atoms with Crippen LogP contribution in [0.2, 0.25) is 10.0 Å². The Balaban J connectivity index is 1.99. The van der Waals surface area contributed by atoms with E-state index < -0.39 is 0 Å². The van der Waals surface area contributed by atoms with Gasteiger partial charge in [-0.05, 0) is 25.1 Å². The highest BCUT2D eigenvalue weighted by molar-refractivity contribution is 6.35. The second-order valence-corrected chi connectivity index (χ2v) is 5.73.